The Bertz CT molecular complexity index is 557. The number of ketones is 1. The quantitative estimate of drug-likeness (QED) is 0.691. The number of ether oxygens (including phenoxy) is 1. The van der Waals surface area contributed by atoms with Crippen molar-refractivity contribution in [1.29, 1.82) is 0 Å². The molecule has 140 valence electrons. The van der Waals surface area contributed by atoms with Crippen LogP contribution in [-0.4, -0.2) is 18.4 Å². The lowest BCUT2D eigenvalue weighted by Crippen LogP contribution is -2.54. The molecular formula is C22H34O3. The Balaban J connectivity index is 1.56. The summed E-state index contributed by atoms with van der Waals surface area (Å²) in [5, 5.41) is 0. The minimum Gasteiger partial charge on any atom is -0.465 e. The number of fused-ring (bicyclic) bond motifs is 5. The molecule has 0 amide bonds. The van der Waals surface area contributed by atoms with Gasteiger partial charge in [-0.05, 0) is 99.2 Å². The van der Waals surface area contributed by atoms with Gasteiger partial charge in [-0.25, -0.2) is 0 Å². The third-order valence-electron chi connectivity index (χ3n) is 9.36. The second-order valence-electron chi connectivity index (χ2n) is 10.1. The van der Waals surface area contributed by atoms with Crippen molar-refractivity contribution in [3.05, 3.63) is 0 Å². The van der Waals surface area contributed by atoms with Crippen molar-refractivity contribution in [3.8, 4) is 0 Å². The molecule has 0 bridgehead atoms. The van der Waals surface area contributed by atoms with Crippen molar-refractivity contribution in [3.63, 3.8) is 0 Å². The van der Waals surface area contributed by atoms with Crippen molar-refractivity contribution < 1.29 is 14.3 Å². The number of hydrogen-bond donors (Lipinski definition) is 0. The first kappa shape index (κ1) is 17.5. The average Bonchev–Trinajstić information content (AvgIpc) is 2.93. The van der Waals surface area contributed by atoms with E-state index < -0.39 is 0 Å². The predicted molar refractivity (Wildman–Crippen MR) is 96.8 cm³/mol. The van der Waals surface area contributed by atoms with Crippen LogP contribution in [0, 0.1) is 40.4 Å². The number of Topliss-reactive ketones (excluding diaryl/α,β-unsaturated/α-hetero) is 1. The lowest BCUT2D eigenvalue weighted by Gasteiger charge is -2.61. The Morgan fingerprint density at radius 2 is 1.68 bits per heavy atom. The van der Waals surface area contributed by atoms with Crippen LogP contribution >= 0.6 is 0 Å². The maximum absolute atomic E-state index is 12.2. The summed E-state index contributed by atoms with van der Waals surface area (Å²) in [5.74, 6) is 3.82. The Labute approximate surface area is 152 Å². The van der Waals surface area contributed by atoms with Crippen molar-refractivity contribution in [2.75, 3.05) is 0 Å². The second-order valence-corrected chi connectivity index (χ2v) is 10.1. The lowest BCUT2D eigenvalue weighted by atomic mass is 9.44. The highest BCUT2D eigenvalue weighted by Gasteiger charge is 2.60. The smallest absolute Gasteiger partial charge is 0.293 e. The van der Waals surface area contributed by atoms with E-state index in [9.17, 15) is 9.59 Å². The van der Waals surface area contributed by atoms with E-state index in [0.717, 1.165) is 37.0 Å². The van der Waals surface area contributed by atoms with Crippen molar-refractivity contribution >= 4 is 12.3 Å². The number of hydrogen-bond acceptors (Lipinski definition) is 3. The third kappa shape index (κ3) is 2.51. The molecule has 25 heavy (non-hydrogen) atoms. The second kappa shape index (κ2) is 6.09. The van der Waals surface area contributed by atoms with E-state index in [1.54, 1.807) is 0 Å². The van der Waals surface area contributed by atoms with Crippen LogP contribution in [0.5, 0.6) is 0 Å². The molecule has 3 nitrogen and oxygen atoms in total. The molecule has 0 aromatic heterocycles. The summed E-state index contributed by atoms with van der Waals surface area (Å²) < 4.78 is 5.32. The van der Waals surface area contributed by atoms with Crippen LogP contribution in [0.25, 0.3) is 0 Å². The van der Waals surface area contributed by atoms with Crippen molar-refractivity contribution in [2.45, 2.75) is 84.7 Å². The standard InChI is InChI=1S/C22H34O3/c1-14(24)18-6-7-19-17-5-4-15-12-16(25-13-23)8-10-21(15,2)20(17)9-11-22(18,19)3/h13,15-20H,4-12H2,1-3H3/t15?,16-,17+,18-,19+,20+,21+,22-/m1/s1. The molecule has 0 aromatic carbocycles. The van der Waals surface area contributed by atoms with Gasteiger partial charge < -0.3 is 4.74 Å². The number of carbonyl (C=O) groups excluding carboxylic acids is 2. The zero-order chi connectivity index (χ0) is 17.8. The van der Waals surface area contributed by atoms with Gasteiger partial charge in [0.2, 0.25) is 0 Å². The monoisotopic (exact) mass is 346 g/mol. The SMILES string of the molecule is CC(=O)[C@H]1CC[C@H]2[C@@H]3CCC4C[C@H](OC=O)CC[C@]4(C)[C@H]3CC[C@]12C. The highest BCUT2D eigenvalue weighted by atomic mass is 16.5. The normalized spacial score (nSPS) is 51.8. The zero-order valence-electron chi connectivity index (χ0n) is 16.1. The molecule has 8 atom stereocenters. The zero-order valence-corrected chi connectivity index (χ0v) is 16.1. The molecule has 1 unspecified atom stereocenters. The Hall–Kier alpha value is -0.860. The fourth-order valence-corrected chi connectivity index (χ4v) is 8.09. The van der Waals surface area contributed by atoms with E-state index in [2.05, 4.69) is 13.8 Å². The van der Waals surface area contributed by atoms with Crippen molar-refractivity contribution in [1.82, 2.24) is 0 Å². The molecule has 0 heterocycles. The van der Waals surface area contributed by atoms with Gasteiger partial charge in [-0.3, -0.25) is 9.59 Å². The number of carbonyl (C=O) groups is 2. The average molecular weight is 347 g/mol. The van der Waals surface area contributed by atoms with Crippen LogP contribution in [0.1, 0.15) is 78.6 Å². The van der Waals surface area contributed by atoms with E-state index >= 15 is 0 Å². The Morgan fingerprint density at radius 1 is 0.960 bits per heavy atom. The minimum absolute atomic E-state index is 0.148. The van der Waals surface area contributed by atoms with Gasteiger partial charge in [0.25, 0.3) is 6.47 Å². The predicted octanol–water partition coefficient (Wildman–Crippen LogP) is 4.78. The summed E-state index contributed by atoms with van der Waals surface area (Å²) in [6, 6.07) is 0. The minimum atomic E-state index is 0.148. The molecule has 0 radical (unpaired) electrons. The molecular weight excluding hydrogens is 312 g/mol. The largest absolute Gasteiger partial charge is 0.465 e. The van der Waals surface area contributed by atoms with Gasteiger partial charge in [0.05, 0.1) is 0 Å². The van der Waals surface area contributed by atoms with Gasteiger partial charge in [-0.1, -0.05) is 13.8 Å². The van der Waals surface area contributed by atoms with Gasteiger partial charge in [0, 0.05) is 5.92 Å². The molecule has 4 saturated carbocycles. The van der Waals surface area contributed by atoms with Crippen LogP contribution in [0.15, 0.2) is 0 Å². The van der Waals surface area contributed by atoms with Gasteiger partial charge in [-0.2, -0.15) is 0 Å². The van der Waals surface area contributed by atoms with Gasteiger partial charge in [-0.15, -0.1) is 0 Å². The first-order chi connectivity index (χ1) is 11.9. The molecule has 0 saturated heterocycles. The summed E-state index contributed by atoms with van der Waals surface area (Å²) in [6.45, 7) is 7.42. The van der Waals surface area contributed by atoms with Crippen LogP contribution in [-0.2, 0) is 14.3 Å². The molecule has 4 fully saturated rings. The highest BCUT2D eigenvalue weighted by Crippen LogP contribution is 2.67. The van der Waals surface area contributed by atoms with Crippen LogP contribution in [0.3, 0.4) is 0 Å². The fraction of sp³-hybridized carbons (Fsp3) is 0.909. The maximum atomic E-state index is 12.2. The van der Waals surface area contributed by atoms with Gasteiger partial charge in [0.15, 0.2) is 0 Å². The highest BCUT2D eigenvalue weighted by molar-refractivity contribution is 5.79. The molecule has 0 aliphatic heterocycles. The Morgan fingerprint density at radius 3 is 2.40 bits per heavy atom. The molecule has 0 N–H and O–H groups in total. The number of rotatable bonds is 3. The van der Waals surface area contributed by atoms with Crippen molar-refractivity contribution in [2.24, 2.45) is 40.4 Å². The first-order valence-corrected chi connectivity index (χ1v) is 10.5. The molecule has 3 heteroatoms. The summed E-state index contributed by atoms with van der Waals surface area (Å²) in [7, 11) is 0. The maximum Gasteiger partial charge on any atom is 0.293 e. The van der Waals surface area contributed by atoms with Gasteiger partial charge in [0.1, 0.15) is 11.9 Å². The summed E-state index contributed by atoms with van der Waals surface area (Å²) in [6.07, 6.45) is 11.0. The molecule has 4 aliphatic carbocycles. The van der Waals surface area contributed by atoms with E-state index in [-0.39, 0.29) is 11.5 Å². The molecule has 0 aromatic rings. The molecule has 4 rings (SSSR count). The topological polar surface area (TPSA) is 43.4 Å². The van der Waals surface area contributed by atoms with Gasteiger partial charge >= 0.3 is 0 Å². The van der Waals surface area contributed by atoms with Crippen LogP contribution in [0.4, 0.5) is 0 Å². The summed E-state index contributed by atoms with van der Waals surface area (Å²) in [4.78, 5) is 22.9. The third-order valence-corrected chi connectivity index (χ3v) is 9.36. The molecule has 0 spiro atoms. The lowest BCUT2D eigenvalue weighted by molar-refractivity contribution is -0.152. The Kier molecular flexibility index (Phi) is 4.28. The van der Waals surface area contributed by atoms with E-state index in [0.29, 0.717) is 29.5 Å². The van der Waals surface area contributed by atoms with Crippen LogP contribution in [0.2, 0.25) is 0 Å². The fourth-order valence-electron chi connectivity index (χ4n) is 8.09. The van der Waals surface area contributed by atoms with E-state index in [4.69, 9.17) is 4.74 Å². The first-order valence-electron chi connectivity index (χ1n) is 10.5. The molecule has 4 aliphatic rings. The summed E-state index contributed by atoms with van der Waals surface area (Å²) in [5.41, 5.74) is 0.676. The van der Waals surface area contributed by atoms with Crippen LogP contribution < -0.4 is 0 Å². The summed E-state index contributed by atoms with van der Waals surface area (Å²) >= 11 is 0. The van der Waals surface area contributed by atoms with E-state index in [1.165, 1.54) is 38.5 Å². The van der Waals surface area contributed by atoms with E-state index in [1.807, 2.05) is 6.92 Å².